The molecule has 0 fully saturated rings. The Hall–Kier alpha value is -1.46. The minimum atomic E-state index is 0.0606. The van der Waals surface area contributed by atoms with Crippen molar-refractivity contribution in [3.8, 4) is 0 Å². The summed E-state index contributed by atoms with van der Waals surface area (Å²) < 4.78 is 1.09. The quantitative estimate of drug-likeness (QED) is 0.876. The number of rotatable bonds is 3. The van der Waals surface area contributed by atoms with Gasteiger partial charge in [-0.15, -0.1) is 11.8 Å². The van der Waals surface area contributed by atoms with Gasteiger partial charge >= 0.3 is 0 Å². The molecule has 0 aromatic heterocycles. The zero-order valence-electron chi connectivity index (χ0n) is 10.7. The molecule has 2 aromatic carbocycles. The molecule has 1 heterocycles. The third kappa shape index (κ3) is 2.99. The maximum Gasteiger partial charge on any atom is 0.234 e. The zero-order chi connectivity index (χ0) is 13.9. The molecule has 0 atom stereocenters. The van der Waals surface area contributed by atoms with Crippen LogP contribution in [0.15, 0.2) is 51.8 Å². The fraction of sp³-hybridized carbons (Fsp3) is 0.133. The summed E-state index contributed by atoms with van der Waals surface area (Å²) in [5.74, 6) is 0.557. The normalized spacial score (nSPS) is 13.6. The highest BCUT2D eigenvalue weighted by atomic mass is 79.9. The Morgan fingerprint density at radius 2 is 2.10 bits per heavy atom. The molecular formula is C15H13BrN2OS. The predicted octanol–water partition coefficient (Wildman–Crippen LogP) is 4.11. The lowest BCUT2D eigenvalue weighted by Gasteiger charge is -2.17. The van der Waals surface area contributed by atoms with Gasteiger partial charge in [0.15, 0.2) is 0 Å². The van der Waals surface area contributed by atoms with Crippen LogP contribution >= 0.6 is 27.7 Å². The van der Waals surface area contributed by atoms with E-state index in [2.05, 4.69) is 32.6 Å². The highest BCUT2D eigenvalue weighted by Gasteiger charge is 2.15. The molecule has 3 rings (SSSR count). The fourth-order valence-corrected chi connectivity index (χ4v) is 3.25. The van der Waals surface area contributed by atoms with E-state index in [-0.39, 0.29) is 5.91 Å². The first-order valence-corrected chi connectivity index (χ1v) is 8.04. The van der Waals surface area contributed by atoms with E-state index in [1.165, 1.54) is 5.56 Å². The number of nitrogens with one attached hydrogen (secondary N) is 2. The van der Waals surface area contributed by atoms with Crippen molar-refractivity contribution in [3.63, 3.8) is 0 Å². The molecule has 2 N–H and O–H groups in total. The maximum atomic E-state index is 11.4. The summed E-state index contributed by atoms with van der Waals surface area (Å²) in [7, 11) is 0. The first-order valence-electron chi connectivity index (χ1n) is 6.26. The number of anilines is 2. The van der Waals surface area contributed by atoms with Crippen LogP contribution in [-0.2, 0) is 11.3 Å². The zero-order valence-corrected chi connectivity index (χ0v) is 13.1. The average molecular weight is 349 g/mol. The summed E-state index contributed by atoms with van der Waals surface area (Å²) in [6.07, 6.45) is 0. The lowest BCUT2D eigenvalue weighted by molar-refractivity contribution is -0.113. The van der Waals surface area contributed by atoms with Gasteiger partial charge in [-0.25, -0.2) is 0 Å². The molecule has 20 heavy (non-hydrogen) atoms. The van der Waals surface area contributed by atoms with Crippen LogP contribution in [0.25, 0.3) is 0 Å². The smallest absolute Gasteiger partial charge is 0.234 e. The first-order chi connectivity index (χ1) is 9.72. The van der Waals surface area contributed by atoms with Gasteiger partial charge in [0.1, 0.15) is 0 Å². The lowest BCUT2D eigenvalue weighted by Crippen LogP contribution is -2.18. The molecule has 2 aromatic rings. The van der Waals surface area contributed by atoms with Gasteiger partial charge in [-0.1, -0.05) is 34.1 Å². The largest absolute Gasteiger partial charge is 0.381 e. The molecule has 102 valence electrons. The second-order valence-electron chi connectivity index (χ2n) is 4.49. The van der Waals surface area contributed by atoms with Crippen LogP contribution in [-0.4, -0.2) is 11.7 Å². The van der Waals surface area contributed by atoms with Crippen LogP contribution < -0.4 is 10.6 Å². The molecule has 3 nitrogen and oxygen atoms in total. The number of carbonyl (C=O) groups is 1. The number of fused-ring (bicyclic) bond motifs is 1. The Balaban J connectivity index is 1.74. The van der Waals surface area contributed by atoms with Gasteiger partial charge in [-0.05, 0) is 29.8 Å². The Kier molecular flexibility index (Phi) is 3.98. The molecular weight excluding hydrogens is 336 g/mol. The summed E-state index contributed by atoms with van der Waals surface area (Å²) in [5, 5.41) is 6.28. The predicted molar refractivity (Wildman–Crippen MR) is 87.3 cm³/mol. The Bertz CT molecular complexity index is 660. The monoisotopic (exact) mass is 348 g/mol. The molecule has 0 aliphatic carbocycles. The van der Waals surface area contributed by atoms with E-state index in [0.29, 0.717) is 5.75 Å². The van der Waals surface area contributed by atoms with Crippen molar-refractivity contribution in [1.82, 2.24) is 0 Å². The van der Waals surface area contributed by atoms with Crippen LogP contribution in [0.1, 0.15) is 5.56 Å². The molecule has 0 saturated heterocycles. The van der Waals surface area contributed by atoms with Crippen molar-refractivity contribution in [3.05, 3.63) is 52.5 Å². The third-order valence-electron chi connectivity index (χ3n) is 3.05. The van der Waals surface area contributed by atoms with E-state index in [9.17, 15) is 4.79 Å². The number of carbonyl (C=O) groups excluding carboxylic acids is 1. The second kappa shape index (κ2) is 5.89. The molecule has 0 saturated carbocycles. The van der Waals surface area contributed by atoms with Crippen molar-refractivity contribution >= 4 is 45.0 Å². The number of amides is 1. The van der Waals surface area contributed by atoms with Gasteiger partial charge in [0.05, 0.1) is 11.4 Å². The highest BCUT2D eigenvalue weighted by Crippen LogP contribution is 2.33. The molecule has 0 radical (unpaired) electrons. The number of halogens is 1. The molecule has 0 bridgehead atoms. The van der Waals surface area contributed by atoms with Crippen LogP contribution in [0.4, 0.5) is 11.4 Å². The summed E-state index contributed by atoms with van der Waals surface area (Å²) in [6.45, 7) is 0.737. The molecule has 5 heteroatoms. The van der Waals surface area contributed by atoms with Gasteiger partial charge in [-0.3, -0.25) is 4.79 Å². The number of thioether (sulfide) groups is 1. The lowest BCUT2D eigenvalue weighted by atomic mass is 10.2. The van der Waals surface area contributed by atoms with E-state index in [1.54, 1.807) is 11.8 Å². The molecule has 1 amide bonds. The van der Waals surface area contributed by atoms with Crippen LogP contribution in [0.3, 0.4) is 0 Å². The molecule has 1 aliphatic heterocycles. The van der Waals surface area contributed by atoms with E-state index in [1.807, 2.05) is 36.4 Å². The van der Waals surface area contributed by atoms with E-state index < -0.39 is 0 Å². The SMILES string of the molecule is O=C1CSc2ccc(NCc3ccccc3Br)cc2N1. The number of hydrogen-bond acceptors (Lipinski definition) is 3. The number of hydrogen-bond donors (Lipinski definition) is 2. The molecule has 0 spiro atoms. The van der Waals surface area contributed by atoms with Gasteiger partial charge in [0.2, 0.25) is 5.91 Å². The van der Waals surface area contributed by atoms with Crippen LogP contribution in [0, 0.1) is 0 Å². The van der Waals surface area contributed by atoms with E-state index in [0.717, 1.165) is 27.3 Å². The summed E-state index contributed by atoms with van der Waals surface area (Å²) in [4.78, 5) is 12.5. The third-order valence-corrected chi connectivity index (χ3v) is 4.90. The summed E-state index contributed by atoms with van der Waals surface area (Å²) >= 11 is 5.11. The Morgan fingerprint density at radius 3 is 2.95 bits per heavy atom. The summed E-state index contributed by atoms with van der Waals surface area (Å²) in [6, 6.07) is 14.2. The van der Waals surface area contributed by atoms with Crippen molar-refractivity contribution in [2.45, 2.75) is 11.4 Å². The molecule has 1 aliphatic rings. The first kappa shape index (κ1) is 13.5. The molecule has 0 unspecified atom stereocenters. The van der Waals surface area contributed by atoms with Crippen molar-refractivity contribution < 1.29 is 4.79 Å². The summed E-state index contributed by atoms with van der Waals surface area (Å²) in [5.41, 5.74) is 3.09. The standard InChI is InChI=1S/C15H13BrN2OS/c16-12-4-2-1-3-10(12)8-17-11-5-6-14-13(7-11)18-15(19)9-20-14/h1-7,17H,8-9H2,(H,18,19). The highest BCUT2D eigenvalue weighted by molar-refractivity contribution is 9.10. The maximum absolute atomic E-state index is 11.4. The van der Waals surface area contributed by atoms with E-state index in [4.69, 9.17) is 0 Å². The minimum Gasteiger partial charge on any atom is -0.381 e. The van der Waals surface area contributed by atoms with Crippen LogP contribution in [0.2, 0.25) is 0 Å². The number of benzene rings is 2. The minimum absolute atomic E-state index is 0.0606. The second-order valence-corrected chi connectivity index (χ2v) is 6.36. The average Bonchev–Trinajstić information content (AvgIpc) is 2.46. The van der Waals surface area contributed by atoms with Crippen LogP contribution in [0.5, 0.6) is 0 Å². The van der Waals surface area contributed by atoms with Crippen molar-refractivity contribution in [1.29, 1.82) is 0 Å². The van der Waals surface area contributed by atoms with Gasteiger partial charge in [-0.2, -0.15) is 0 Å². The Labute approximate surface area is 130 Å². The Morgan fingerprint density at radius 1 is 1.25 bits per heavy atom. The van der Waals surface area contributed by atoms with E-state index >= 15 is 0 Å². The van der Waals surface area contributed by atoms with Gasteiger partial charge < -0.3 is 10.6 Å². The topological polar surface area (TPSA) is 41.1 Å². The van der Waals surface area contributed by atoms with Crippen molar-refractivity contribution in [2.24, 2.45) is 0 Å². The van der Waals surface area contributed by atoms with Gasteiger partial charge in [0.25, 0.3) is 0 Å². The van der Waals surface area contributed by atoms with Crippen molar-refractivity contribution in [2.75, 3.05) is 16.4 Å². The van der Waals surface area contributed by atoms with Gasteiger partial charge in [0, 0.05) is 21.6 Å². The fourth-order valence-electron chi connectivity index (χ4n) is 2.03.